The topological polar surface area (TPSA) is 38.3 Å². The first kappa shape index (κ1) is 17.7. The van der Waals surface area contributed by atoms with Gasteiger partial charge in [-0.25, -0.2) is 0 Å². The average molecular weight is 345 g/mol. The van der Waals surface area contributed by atoms with Crippen LogP contribution >= 0.6 is 0 Å². The molecule has 0 aliphatic heterocycles. The van der Waals surface area contributed by atoms with E-state index in [-0.39, 0.29) is 11.3 Å². The van der Waals surface area contributed by atoms with Crippen LogP contribution in [0.25, 0.3) is 0 Å². The van der Waals surface area contributed by atoms with Crippen LogP contribution in [0.1, 0.15) is 36.7 Å². The van der Waals surface area contributed by atoms with E-state index in [1.807, 2.05) is 66.7 Å². The van der Waals surface area contributed by atoms with Crippen LogP contribution in [0.5, 0.6) is 11.5 Å². The van der Waals surface area contributed by atoms with Gasteiger partial charge in [0.15, 0.2) is 0 Å². The zero-order valence-corrected chi connectivity index (χ0v) is 15.3. The van der Waals surface area contributed by atoms with E-state index in [0.29, 0.717) is 11.3 Å². The largest absolute Gasteiger partial charge is 0.457 e. The van der Waals surface area contributed by atoms with Crippen molar-refractivity contribution in [2.75, 3.05) is 5.32 Å². The molecular formula is C23H23NO2. The Kier molecular flexibility index (Phi) is 5.08. The number of hydrogen-bond donors (Lipinski definition) is 1. The van der Waals surface area contributed by atoms with Crippen LogP contribution in [0, 0.1) is 0 Å². The van der Waals surface area contributed by atoms with Crippen molar-refractivity contribution < 1.29 is 9.53 Å². The predicted molar refractivity (Wildman–Crippen MR) is 106 cm³/mol. The van der Waals surface area contributed by atoms with Crippen molar-refractivity contribution in [1.29, 1.82) is 0 Å². The molecule has 1 amide bonds. The first-order valence-corrected chi connectivity index (χ1v) is 8.67. The number of amides is 1. The fourth-order valence-corrected chi connectivity index (χ4v) is 2.77. The summed E-state index contributed by atoms with van der Waals surface area (Å²) in [5.74, 6) is 1.22. The molecule has 0 heterocycles. The van der Waals surface area contributed by atoms with Gasteiger partial charge in [0.25, 0.3) is 5.91 Å². The number of para-hydroxylation sites is 2. The number of hydrogen-bond acceptors (Lipinski definition) is 2. The monoisotopic (exact) mass is 345 g/mol. The van der Waals surface area contributed by atoms with Crippen molar-refractivity contribution in [1.82, 2.24) is 0 Å². The molecule has 3 rings (SSSR count). The number of rotatable bonds is 4. The highest BCUT2D eigenvalue weighted by molar-refractivity contribution is 6.05. The van der Waals surface area contributed by atoms with E-state index in [1.54, 1.807) is 12.1 Å². The van der Waals surface area contributed by atoms with E-state index >= 15 is 0 Å². The number of benzene rings is 3. The summed E-state index contributed by atoms with van der Waals surface area (Å²) >= 11 is 0. The summed E-state index contributed by atoms with van der Waals surface area (Å²) in [5.41, 5.74) is 2.44. The van der Waals surface area contributed by atoms with Gasteiger partial charge in [-0.1, -0.05) is 63.2 Å². The second kappa shape index (κ2) is 7.44. The molecule has 0 aromatic heterocycles. The molecular weight excluding hydrogens is 322 g/mol. The average Bonchev–Trinajstić information content (AvgIpc) is 2.62. The van der Waals surface area contributed by atoms with E-state index < -0.39 is 0 Å². The van der Waals surface area contributed by atoms with Crippen LogP contribution < -0.4 is 10.1 Å². The quantitative estimate of drug-likeness (QED) is 0.627. The van der Waals surface area contributed by atoms with Gasteiger partial charge < -0.3 is 10.1 Å². The minimum absolute atomic E-state index is 0.0534. The van der Waals surface area contributed by atoms with Crippen LogP contribution in [-0.2, 0) is 5.41 Å². The summed E-state index contributed by atoms with van der Waals surface area (Å²) in [4.78, 5) is 12.7. The third-order valence-electron chi connectivity index (χ3n) is 4.06. The van der Waals surface area contributed by atoms with E-state index in [2.05, 4.69) is 26.1 Å². The fourth-order valence-electron chi connectivity index (χ4n) is 2.77. The van der Waals surface area contributed by atoms with Gasteiger partial charge in [-0.3, -0.25) is 4.79 Å². The van der Waals surface area contributed by atoms with Gasteiger partial charge in [-0.05, 0) is 47.4 Å². The van der Waals surface area contributed by atoms with Crippen molar-refractivity contribution in [3.05, 3.63) is 90.0 Å². The van der Waals surface area contributed by atoms with Gasteiger partial charge >= 0.3 is 0 Å². The Labute approximate surface area is 154 Å². The first-order valence-electron chi connectivity index (χ1n) is 8.67. The Bertz CT molecular complexity index is 895. The summed E-state index contributed by atoms with van der Waals surface area (Å²) in [5, 5.41) is 3.03. The van der Waals surface area contributed by atoms with Crippen LogP contribution in [0.4, 0.5) is 5.69 Å². The molecule has 0 atom stereocenters. The summed E-state index contributed by atoms with van der Waals surface area (Å²) in [6, 6.07) is 24.6. The molecule has 0 fully saturated rings. The molecule has 0 aliphatic rings. The smallest absolute Gasteiger partial charge is 0.255 e. The highest BCUT2D eigenvalue weighted by Gasteiger charge is 2.19. The highest BCUT2D eigenvalue weighted by atomic mass is 16.5. The van der Waals surface area contributed by atoms with Crippen molar-refractivity contribution >= 4 is 11.6 Å². The van der Waals surface area contributed by atoms with Crippen molar-refractivity contribution in [3.8, 4) is 11.5 Å². The first-order chi connectivity index (χ1) is 12.4. The summed E-state index contributed by atoms with van der Waals surface area (Å²) in [7, 11) is 0. The second-order valence-corrected chi connectivity index (χ2v) is 7.19. The molecule has 3 aromatic carbocycles. The molecule has 1 N–H and O–H groups in total. The van der Waals surface area contributed by atoms with E-state index in [1.165, 1.54) is 0 Å². The molecule has 0 spiro atoms. The molecule has 132 valence electrons. The molecule has 3 nitrogen and oxygen atoms in total. The molecule has 0 aliphatic carbocycles. The Morgan fingerprint density at radius 1 is 0.808 bits per heavy atom. The van der Waals surface area contributed by atoms with Gasteiger partial charge in [-0.15, -0.1) is 0 Å². The SMILES string of the molecule is CC(C)(C)c1ccccc1NC(=O)c1cccc(Oc2ccccc2)c1. The molecule has 0 saturated carbocycles. The van der Waals surface area contributed by atoms with Crippen LogP contribution in [0.15, 0.2) is 78.9 Å². The lowest BCUT2D eigenvalue weighted by atomic mass is 9.86. The molecule has 3 heteroatoms. The Balaban J connectivity index is 1.80. The predicted octanol–water partition coefficient (Wildman–Crippen LogP) is 6.03. The minimum atomic E-state index is -0.153. The molecule has 3 aromatic rings. The van der Waals surface area contributed by atoms with Crippen LogP contribution in [-0.4, -0.2) is 5.91 Å². The maximum absolute atomic E-state index is 12.7. The van der Waals surface area contributed by atoms with E-state index in [9.17, 15) is 4.79 Å². The Morgan fingerprint density at radius 2 is 1.46 bits per heavy atom. The molecule has 0 radical (unpaired) electrons. The standard InChI is InChI=1S/C23H23NO2/c1-23(2,3)20-14-7-8-15-21(20)24-22(25)17-10-9-13-19(16-17)26-18-11-5-4-6-12-18/h4-16H,1-3H3,(H,24,25). The molecule has 0 bridgehead atoms. The lowest BCUT2D eigenvalue weighted by molar-refractivity contribution is 0.102. The maximum atomic E-state index is 12.7. The van der Waals surface area contributed by atoms with Gasteiger partial charge in [0.2, 0.25) is 0 Å². The Morgan fingerprint density at radius 3 is 2.19 bits per heavy atom. The van der Waals surface area contributed by atoms with E-state index in [4.69, 9.17) is 4.74 Å². The van der Waals surface area contributed by atoms with Crippen LogP contribution in [0.3, 0.4) is 0 Å². The highest BCUT2D eigenvalue weighted by Crippen LogP contribution is 2.30. The van der Waals surface area contributed by atoms with Crippen molar-refractivity contribution in [2.24, 2.45) is 0 Å². The lowest BCUT2D eigenvalue weighted by Crippen LogP contribution is -2.18. The van der Waals surface area contributed by atoms with E-state index in [0.717, 1.165) is 17.0 Å². The summed E-state index contributed by atoms with van der Waals surface area (Å²) in [6.07, 6.45) is 0. The number of carbonyl (C=O) groups is 1. The molecule has 0 saturated heterocycles. The molecule has 0 unspecified atom stereocenters. The second-order valence-electron chi connectivity index (χ2n) is 7.19. The number of anilines is 1. The normalized spacial score (nSPS) is 11.0. The van der Waals surface area contributed by atoms with Gasteiger partial charge in [0.1, 0.15) is 11.5 Å². The Hall–Kier alpha value is -3.07. The summed E-state index contributed by atoms with van der Waals surface area (Å²) < 4.78 is 5.82. The fraction of sp³-hybridized carbons (Fsp3) is 0.174. The number of nitrogens with one attached hydrogen (secondary N) is 1. The van der Waals surface area contributed by atoms with Crippen molar-refractivity contribution in [3.63, 3.8) is 0 Å². The zero-order valence-electron chi connectivity index (χ0n) is 15.3. The zero-order chi connectivity index (χ0) is 18.6. The lowest BCUT2D eigenvalue weighted by Gasteiger charge is -2.23. The summed E-state index contributed by atoms with van der Waals surface area (Å²) in [6.45, 7) is 6.39. The number of ether oxygens (including phenoxy) is 1. The molecule has 26 heavy (non-hydrogen) atoms. The number of carbonyl (C=O) groups excluding carboxylic acids is 1. The third-order valence-corrected chi connectivity index (χ3v) is 4.06. The van der Waals surface area contributed by atoms with Gasteiger partial charge in [0, 0.05) is 11.3 Å². The van der Waals surface area contributed by atoms with Crippen LogP contribution in [0.2, 0.25) is 0 Å². The van der Waals surface area contributed by atoms with Gasteiger partial charge in [-0.2, -0.15) is 0 Å². The maximum Gasteiger partial charge on any atom is 0.255 e. The van der Waals surface area contributed by atoms with Gasteiger partial charge in [0.05, 0.1) is 0 Å². The van der Waals surface area contributed by atoms with Crippen molar-refractivity contribution in [2.45, 2.75) is 26.2 Å². The minimum Gasteiger partial charge on any atom is -0.457 e. The third kappa shape index (κ3) is 4.31.